The van der Waals surface area contributed by atoms with E-state index < -0.39 is 5.97 Å². The number of carboxylic acid groups (broad SMARTS) is 1. The maximum Gasteiger partial charge on any atom is 0.307 e. The first-order valence-electron chi connectivity index (χ1n) is 3.71. The number of aromatic hydroxyl groups is 1. The number of rotatable bonds is 3. The van der Waals surface area contributed by atoms with E-state index in [4.69, 9.17) is 9.84 Å². The second-order valence-electron chi connectivity index (χ2n) is 2.58. The smallest absolute Gasteiger partial charge is 0.307 e. The SMILES string of the molecule is COc1cc(CC(=O)O)ccc1O.O. The van der Waals surface area contributed by atoms with Gasteiger partial charge in [-0.15, -0.1) is 0 Å². The van der Waals surface area contributed by atoms with Gasteiger partial charge in [0.2, 0.25) is 0 Å². The normalized spacial score (nSPS) is 8.93. The molecule has 1 aromatic rings. The lowest BCUT2D eigenvalue weighted by Gasteiger charge is -2.04. The Morgan fingerprint density at radius 2 is 2.14 bits per heavy atom. The molecule has 1 aromatic carbocycles. The van der Waals surface area contributed by atoms with Gasteiger partial charge in [-0.2, -0.15) is 0 Å². The number of hydrogen-bond acceptors (Lipinski definition) is 3. The molecular weight excluding hydrogens is 188 g/mol. The first-order valence-corrected chi connectivity index (χ1v) is 3.71. The number of aliphatic carboxylic acids is 1. The molecule has 0 aliphatic heterocycles. The number of hydrogen-bond donors (Lipinski definition) is 2. The van der Waals surface area contributed by atoms with Crippen LogP contribution >= 0.6 is 0 Å². The van der Waals surface area contributed by atoms with Gasteiger partial charge in [-0.3, -0.25) is 4.79 Å². The number of phenols is 1. The highest BCUT2D eigenvalue weighted by molar-refractivity contribution is 5.70. The minimum absolute atomic E-state index is 0. The highest BCUT2D eigenvalue weighted by Crippen LogP contribution is 2.26. The molecule has 0 fully saturated rings. The highest BCUT2D eigenvalue weighted by atomic mass is 16.5. The van der Waals surface area contributed by atoms with Crippen molar-refractivity contribution in [2.24, 2.45) is 0 Å². The molecule has 0 aliphatic carbocycles. The minimum atomic E-state index is -0.909. The first kappa shape index (κ1) is 12.2. The number of carboxylic acids is 1. The Morgan fingerprint density at radius 3 is 2.64 bits per heavy atom. The van der Waals surface area contributed by atoms with E-state index in [0.29, 0.717) is 11.3 Å². The van der Waals surface area contributed by atoms with E-state index in [-0.39, 0.29) is 17.6 Å². The van der Waals surface area contributed by atoms with Crippen molar-refractivity contribution in [2.75, 3.05) is 7.11 Å². The lowest BCUT2D eigenvalue weighted by molar-refractivity contribution is -0.136. The zero-order valence-electron chi connectivity index (χ0n) is 7.65. The average Bonchev–Trinajstić information content (AvgIpc) is 2.07. The fourth-order valence-corrected chi connectivity index (χ4v) is 1.01. The summed E-state index contributed by atoms with van der Waals surface area (Å²) in [6.45, 7) is 0. The van der Waals surface area contributed by atoms with Crippen LogP contribution in [0.4, 0.5) is 0 Å². The molecule has 0 atom stereocenters. The van der Waals surface area contributed by atoms with Gasteiger partial charge < -0.3 is 20.4 Å². The summed E-state index contributed by atoms with van der Waals surface area (Å²) < 4.78 is 4.82. The average molecular weight is 200 g/mol. The lowest BCUT2D eigenvalue weighted by Crippen LogP contribution is -2.00. The molecule has 0 unspecified atom stereocenters. The number of phenolic OH excluding ortho intramolecular Hbond substituents is 1. The molecule has 0 aliphatic rings. The van der Waals surface area contributed by atoms with E-state index in [1.54, 1.807) is 6.07 Å². The van der Waals surface area contributed by atoms with Gasteiger partial charge >= 0.3 is 5.97 Å². The van der Waals surface area contributed by atoms with E-state index in [2.05, 4.69) is 0 Å². The van der Waals surface area contributed by atoms with E-state index in [0.717, 1.165) is 0 Å². The first-order chi connectivity index (χ1) is 6.13. The van der Waals surface area contributed by atoms with Crippen LogP contribution in [0.1, 0.15) is 5.56 Å². The Balaban J connectivity index is 0.00000169. The highest BCUT2D eigenvalue weighted by Gasteiger charge is 2.05. The topological polar surface area (TPSA) is 98.3 Å². The summed E-state index contributed by atoms with van der Waals surface area (Å²) in [4.78, 5) is 10.3. The third kappa shape index (κ3) is 2.95. The van der Waals surface area contributed by atoms with Crippen LogP contribution in [0.3, 0.4) is 0 Å². The molecule has 5 heteroatoms. The summed E-state index contributed by atoms with van der Waals surface area (Å²) in [5.41, 5.74) is 0.599. The van der Waals surface area contributed by atoms with Gasteiger partial charge in [0.1, 0.15) is 0 Å². The number of ether oxygens (including phenoxy) is 1. The molecular formula is C9H12O5. The molecule has 0 bridgehead atoms. The van der Waals surface area contributed by atoms with E-state index in [1.165, 1.54) is 19.2 Å². The Labute approximate surface area is 80.9 Å². The number of methoxy groups -OCH3 is 1. The molecule has 5 nitrogen and oxygen atoms in total. The van der Waals surface area contributed by atoms with Crippen LogP contribution in [0.25, 0.3) is 0 Å². The summed E-state index contributed by atoms with van der Waals surface area (Å²) in [6.07, 6.45) is -0.0728. The monoisotopic (exact) mass is 200 g/mol. The molecule has 0 spiro atoms. The van der Waals surface area contributed by atoms with Crippen molar-refractivity contribution in [3.8, 4) is 11.5 Å². The molecule has 0 aromatic heterocycles. The standard InChI is InChI=1S/C9H10O4.H2O/c1-13-8-4-6(5-9(11)12)2-3-7(8)10;/h2-4,10H,5H2,1H3,(H,11,12);1H2. The summed E-state index contributed by atoms with van der Waals surface area (Å²) >= 11 is 0. The quantitative estimate of drug-likeness (QED) is 0.728. The Kier molecular flexibility index (Phi) is 4.45. The summed E-state index contributed by atoms with van der Waals surface area (Å²) in [5, 5.41) is 17.7. The van der Waals surface area contributed by atoms with E-state index >= 15 is 0 Å². The number of carbonyl (C=O) groups is 1. The Bertz CT molecular complexity index is 321. The van der Waals surface area contributed by atoms with Crippen molar-refractivity contribution in [3.63, 3.8) is 0 Å². The van der Waals surface area contributed by atoms with Gasteiger partial charge in [-0.05, 0) is 17.7 Å². The van der Waals surface area contributed by atoms with Crippen molar-refractivity contribution in [1.29, 1.82) is 0 Å². The molecule has 0 amide bonds. The minimum Gasteiger partial charge on any atom is -0.504 e. The summed E-state index contributed by atoms with van der Waals surface area (Å²) in [5.74, 6) is -0.608. The van der Waals surface area contributed by atoms with E-state index in [1.807, 2.05) is 0 Å². The van der Waals surface area contributed by atoms with Crippen LogP contribution in [-0.4, -0.2) is 28.8 Å². The van der Waals surface area contributed by atoms with Crippen LogP contribution in [0.2, 0.25) is 0 Å². The van der Waals surface area contributed by atoms with Crippen molar-refractivity contribution < 1.29 is 25.2 Å². The maximum atomic E-state index is 10.3. The molecule has 4 N–H and O–H groups in total. The fourth-order valence-electron chi connectivity index (χ4n) is 1.01. The second kappa shape index (κ2) is 5.08. The zero-order valence-corrected chi connectivity index (χ0v) is 7.65. The largest absolute Gasteiger partial charge is 0.504 e. The van der Waals surface area contributed by atoms with Crippen LogP contribution in [0.15, 0.2) is 18.2 Å². The van der Waals surface area contributed by atoms with Crippen LogP contribution in [0, 0.1) is 0 Å². The molecule has 14 heavy (non-hydrogen) atoms. The zero-order chi connectivity index (χ0) is 9.84. The molecule has 0 saturated heterocycles. The van der Waals surface area contributed by atoms with Gasteiger partial charge in [0.25, 0.3) is 0 Å². The van der Waals surface area contributed by atoms with Crippen LogP contribution in [0.5, 0.6) is 11.5 Å². The van der Waals surface area contributed by atoms with Crippen LogP contribution < -0.4 is 4.74 Å². The van der Waals surface area contributed by atoms with Gasteiger partial charge in [0.15, 0.2) is 11.5 Å². The lowest BCUT2D eigenvalue weighted by atomic mass is 10.1. The predicted octanol–water partition coefficient (Wildman–Crippen LogP) is 0.203. The summed E-state index contributed by atoms with van der Waals surface area (Å²) in [7, 11) is 1.42. The second-order valence-corrected chi connectivity index (χ2v) is 2.58. The van der Waals surface area contributed by atoms with Gasteiger partial charge in [-0.1, -0.05) is 6.07 Å². The van der Waals surface area contributed by atoms with Crippen molar-refractivity contribution in [3.05, 3.63) is 23.8 Å². The van der Waals surface area contributed by atoms with Gasteiger partial charge in [0.05, 0.1) is 13.5 Å². The fraction of sp³-hybridized carbons (Fsp3) is 0.222. The van der Waals surface area contributed by atoms with Crippen molar-refractivity contribution in [2.45, 2.75) is 6.42 Å². The van der Waals surface area contributed by atoms with Gasteiger partial charge in [-0.25, -0.2) is 0 Å². The number of benzene rings is 1. The summed E-state index contributed by atoms with van der Waals surface area (Å²) in [6, 6.07) is 4.46. The van der Waals surface area contributed by atoms with Gasteiger partial charge in [0, 0.05) is 0 Å². The molecule has 78 valence electrons. The van der Waals surface area contributed by atoms with E-state index in [9.17, 15) is 9.90 Å². The third-order valence-electron chi connectivity index (χ3n) is 1.60. The van der Waals surface area contributed by atoms with Crippen LogP contribution in [-0.2, 0) is 11.2 Å². The molecule has 0 saturated carbocycles. The maximum absolute atomic E-state index is 10.3. The Morgan fingerprint density at radius 1 is 1.50 bits per heavy atom. The van der Waals surface area contributed by atoms with Crippen molar-refractivity contribution in [1.82, 2.24) is 0 Å². The molecule has 1 rings (SSSR count). The molecule has 0 heterocycles. The van der Waals surface area contributed by atoms with Crippen molar-refractivity contribution >= 4 is 5.97 Å². The Hall–Kier alpha value is -1.75. The predicted molar refractivity (Wildman–Crippen MR) is 49.6 cm³/mol. The third-order valence-corrected chi connectivity index (χ3v) is 1.60. The molecule has 0 radical (unpaired) electrons.